The standard InChI is InChI=1S/C17H21N5O/c18-15(14-5-2-1-3-6-14)13-16(23)21-9-11-22(12-10-21)17-19-7-4-8-20-17/h1-8,15H,9-13,18H2. The van der Waals surface area contributed by atoms with Crippen LogP contribution in [0.5, 0.6) is 0 Å². The molecule has 1 aromatic heterocycles. The van der Waals surface area contributed by atoms with E-state index >= 15 is 0 Å². The van der Waals surface area contributed by atoms with E-state index in [-0.39, 0.29) is 11.9 Å². The molecular weight excluding hydrogens is 290 g/mol. The molecule has 0 saturated carbocycles. The van der Waals surface area contributed by atoms with Crippen LogP contribution in [0.15, 0.2) is 48.8 Å². The van der Waals surface area contributed by atoms with Crippen molar-refractivity contribution >= 4 is 11.9 Å². The van der Waals surface area contributed by atoms with Gasteiger partial charge in [-0.15, -0.1) is 0 Å². The summed E-state index contributed by atoms with van der Waals surface area (Å²) in [5, 5.41) is 0. The van der Waals surface area contributed by atoms with E-state index in [9.17, 15) is 4.79 Å². The Bertz CT molecular complexity index is 626. The van der Waals surface area contributed by atoms with E-state index in [4.69, 9.17) is 5.73 Å². The Morgan fingerprint density at radius 1 is 1.04 bits per heavy atom. The molecule has 3 rings (SSSR count). The number of hydrogen-bond acceptors (Lipinski definition) is 5. The minimum atomic E-state index is -0.251. The maximum absolute atomic E-state index is 12.4. The molecule has 2 aromatic rings. The number of rotatable bonds is 4. The average molecular weight is 311 g/mol. The zero-order valence-electron chi connectivity index (χ0n) is 13.0. The number of piperazine rings is 1. The van der Waals surface area contributed by atoms with Crippen LogP contribution in [0.25, 0.3) is 0 Å². The number of amides is 1. The van der Waals surface area contributed by atoms with Gasteiger partial charge in [-0.25, -0.2) is 9.97 Å². The van der Waals surface area contributed by atoms with Gasteiger partial charge in [0.1, 0.15) is 0 Å². The largest absolute Gasteiger partial charge is 0.339 e. The summed E-state index contributed by atoms with van der Waals surface area (Å²) >= 11 is 0. The zero-order valence-corrected chi connectivity index (χ0v) is 13.0. The Morgan fingerprint density at radius 2 is 1.70 bits per heavy atom. The average Bonchev–Trinajstić information content (AvgIpc) is 2.63. The number of carbonyl (C=O) groups is 1. The van der Waals surface area contributed by atoms with Crippen LogP contribution in [-0.4, -0.2) is 47.0 Å². The first-order chi connectivity index (χ1) is 11.2. The summed E-state index contributed by atoms with van der Waals surface area (Å²) in [6, 6.07) is 11.3. The van der Waals surface area contributed by atoms with E-state index in [1.54, 1.807) is 18.5 Å². The molecule has 0 spiro atoms. The molecule has 2 heterocycles. The van der Waals surface area contributed by atoms with Crippen LogP contribution in [0.3, 0.4) is 0 Å². The lowest BCUT2D eigenvalue weighted by Gasteiger charge is -2.35. The van der Waals surface area contributed by atoms with E-state index < -0.39 is 0 Å². The summed E-state index contributed by atoms with van der Waals surface area (Å²) in [6.07, 6.45) is 3.81. The minimum Gasteiger partial charge on any atom is -0.339 e. The lowest BCUT2D eigenvalue weighted by atomic mass is 10.0. The molecule has 1 aliphatic heterocycles. The van der Waals surface area contributed by atoms with Crippen LogP contribution in [0.2, 0.25) is 0 Å². The highest BCUT2D eigenvalue weighted by atomic mass is 16.2. The van der Waals surface area contributed by atoms with Crippen LogP contribution in [-0.2, 0) is 4.79 Å². The van der Waals surface area contributed by atoms with Gasteiger partial charge in [-0.3, -0.25) is 4.79 Å². The molecule has 0 bridgehead atoms. The highest BCUT2D eigenvalue weighted by Gasteiger charge is 2.23. The summed E-state index contributed by atoms with van der Waals surface area (Å²) in [5.74, 6) is 0.829. The van der Waals surface area contributed by atoms with Gasteiger partial charge >= 0.3 is 0 Å². The predicted molar refractivity (Wildman–Crippen MR) is 88.8 cm³/mol. The van der Waals surface area contributed by atoms with E-state index in [2.05, 4.69) is 14.9 Å². The highest BCUT2D eigenvalue weighted by Crippen LogP contribution is 2.16. The summed E-state index contributed by atoms with van der Waals surface area (Å²) in [6.45, 7) is 2.85. The van der Waals surface area contributed by atoms with Crippen molar-refractivity contribution in [2.45, 2.75) is 12.5 Å². The number of carbonyl (C=O) groups excluding carboxylic acids is 1. The molecule has 6 nitrogen and oxygen atoms in total. The molecule has 1 unspecified atom stereocenters. The lowest BCUT2D eigenvalue weighted by Crippen LogP contribution is -2.49. The fourth-order valence-corrected chi connectivity index (χ4v) is 2.75. The molecule has 0 radical (unpaired) electrons. The molecule has 1 saturated heterocycles. The van der Waals surface area contributed by atoms with Crippen LogP contribution in [0.4, 0.5) is 5.95 Å². The van der Waals surface area contributed by atoms with Gasteiger partial charge < -0.3 is 15.5 Å². The smallest absolute Gasteiger partial charge is 0.225 e. The minimum absolute atomic E-state index is 0.106. The molecule has 1 amide bonds. The molecule has 1 atom stereocenters. The molecule has 6 heteroatoms. The normalized spacial score (nSPS) is 16.2. The number of hydrogen-bond donors (Lipinski definition) is 1. The lowest BCUT2D eigenvalue weighted by molar-refractivity contribution is -0.131. The first-order valence-corrected chi connectivity index (χ1v) is 7.84. The molecule has 0 aliphatic carbocycles. The first kappa shape index (κ1) is 15.4. The van der Waals surface area contributed by atoms with Gasteiger partial charge in [0.25, 0.3) is 0 Å². The number of nitrogens with two attached hydrogens (primary N) is 1. The van der Waals surface area contributed by atoms with Crippen LogP contribution in [0.1, 0.15) is 18.0 Å². The van der Waals surface area contributed by atoms with Crippen molar-refractivity contribution < 1.29 is 4.79 Å². The van der Waals surface area contributed by atoms with Crippen molar-refractivity contribution in [2.24, 2.45) is 5.73 Å². The van der Waals surface area contributed by atoms with Crippen LogP contribution >= 0.6 is 0 Å². The molecule has 120 valence electrons. The molecule has 23 heavy (non-hydrogen) atoms. The van der Waals surface area contributed by atoms with Crippen molar-refractivity contribution in [2.75, 3.05) is 31.1 Å². The monoisotopic (exact) mass is 311 g/mol. The molecule has 1 aliphatic rings. The number of aromatic nitrogens is 2. The van der Waals surface area contributed by atoms with E-state index in [0.717, 1.165) is 24.6 Å². The van der Waals surface area contributed by atoms with Gasteiger partial charge in [0.05, 0.1) is 0 Å². The van der Waals surface area contributed by atoms with Gasteiger partial charge in [-0.2, -0.15) is 0 Å². The third-order valence-electron chi connectivity index (χ3n) is 4.09. The fraction of sp³-hybridized carbons (Fsp3) is 0.353. The number of nitrogens with zero attached hydrogens (tertiary/aromatic N) is 4. The molecular formula is C17H21N5O. The SMILES string of the molecule is NC(CC(=O)N1CCN(c2ncccn2)CC1)c1ccccc1. The molecule has 1 fully saturated rings. The summed E-state index contributed by atoms with van der Waals surface area (Å²) in [4.78, 5) is 24.9. The van der Waals surface area contributed by atoms with Gasteiger partial charge in [0.2, 0.25) is 11.9 Å². The molecule has 1 aromatic carbocycles. The van der Waals surface area contributed by atoms with E-state index in [1.165, 1.54) is 0 Å². The Morgan fingerprint density at radius 3 is 2.35 bits per heavy atom. The van der Waals surface area contributed by atoms with Gasteiger partial charge in [0.15, 0.2) is 0 Å². The second-order valence-corrected chi connectivity index (χ2v) is 5.64. The Balaban J connectivity index is 1.52. The van der Waals surface area contributed by atoms with Crippen molar-refractivity contribution in [1.29, 1.82) is 0 Å². The number of benzene rings is 1. The van der Waals surface area contributed by atoms with Gasteiger partial charge in [-0.05, 0) is 11.6 Å². The maximum atomic E-state index is 12.4. The fourth-order valence-electron chi connectivity index (χ4n) is 2.75. The van der Waals surface area contributed by atoms with Crippen molar-refractivity contribution in [3.05, 3.63) is 54.4 Å². The third kappa shape index (κ3) is 3.84. The van der Waals surface area contributed by atoms with Crippen molar-refractivity contribution in [3.8, 4) is 0 Å². The first-order valence-electron chi connectivity index (χ1n) is 7.84. The second kappa shape index (κ2) is 7.19. The zero-order chi connectivity index (χ0) is 16.1. The second-order valence-electron chi connectivity index (χ2n) is 5.64. The van der Waals surface area contributed by atoms with E-state index in [1.807, 2.05) is 35.2 Å². The summed E-state index contributed by atoms with van der Waals surface area (Å²) in [7, 11) is 0. The highest BCUT2D eigenvalue weighted by molar-refractivity contribution is 5.77. The van der Waals surface area contributed by atoms with Crippen LogP contribution in [0, 0.1) is 0 Å². The summed E-state index contributed by atoms with van der Waals surface area (Å²) < 4.78 is 0. The van der Waals surface area contributed by atoms with Gasteiger partial charge in [-0.1, -0.05) is 30.3 Å². The van der Waals surface area contributed by atoms with E-state index in [0.29, 0.717) is 19.5 Å². The Kier molecular flexibility index (Phi) is 4.83. The van der Waals surface area contributed by atoms with Crippen LogP contribution < -0.4 is 10.6 Å². The molecule has 2 N–H and O–H groups in total. The van der Waals surface area contributed by atoms with Crippen molar-refractivity contribution in [1.82, 2.24) is 14.9 Å². The predicted octanol–water partition coefficient (Wildman–Crippen LogP) is 1.22. The summed E-state index contributed by atoms with van der Waals surface area (Å²) in [5.41, 5.74) is 7.14. The van der Waals surface area contributed by atoms with Crippen molar-refractivity contribution in [3.63, 3.8) is 0 Å². The number of anilines is 1. The third-order valence-corrected chi connectivity index (χ3v) is 4.09. The Labute approximate surface area is 135 Å². The van der Waals surface area contributed by atoms with Gasteiger partial charge in [0, 0.05) is 51.0 Å². The topological polar surface area (TPSA) is 75.4 Å². The maximum Gasteiger partial charge on any atom is 0.225 e. The quantitative estimate of drug-likeness (QED) is 0.919. The Hall–Kier alpha value is -2.47.